The van der Waals surface area contributed by atoms with Crippen LogP contribution in [0.3, 0.4) is 0 Å². The highest BCUT2D eigenvalue weighted by molar-refractivity contribution is 6.40. The summed E-state index contributed by atoms with van der Waals surface area (Å²) in [6.07, 6.45) is 2.16. The number of aromatic amines is 1. The standard InChI is InChI=1S/C34H34ClN11O6/c1-44(2)24-11-12-45(17-24)34(52)38-22-6-3-19(4-7-22)13-27(30(47)37-23-8-9-25-20(14-23)15-28(39-25)33(50)51)41-32(49)31(48)40-26-16-21(35)5-10-29(26)46-18-36-42-43-46/h3-10,14-16,18,24,27,39H,11-13,17H2,1-2H3,(H,37,47)(H,38,52)(H,40,48)(H,41,49)(H,50,51)/t24-,27-/m0/s1. The van der Waals surface area contributed by atoms with Gasteiger partial charge < -0.3 is 41.2 Å². The number of likely N-dealkylation sites (N-methyl/N-ethyl adjacent to an activating group) is 1. The molecule has 5 amide bonds. The molecule has 18 heteroatoms. The zero-order valence-corrected chi connectivity index (χ0v) is 28.7. The number of benzene rings is 3. The fourth-order valence-electron chi connectivity index (χ4n) is 5.76. The minimum absolute atomic E-state index is 0.0182. The lowest BCUT2D eigenvalue weighted by atomic mass is 10.0. The minimum Gasteiger partial charge on any atom is -0.477 e. The summed E-state index contributed by atoms with van der Waals surface area (Å²) < 4.78 is 1.28. The van der Waals surface area contributed by atoms with Gasteiger partial charge in [-0.2, -0.15) is 4.68 Å². The molecule has 52 heavy (non-hydrogen) atoms. The number of rotatable bonds is 10. The number of aromatic nitrogens is 5. The monoisotopic (exact) mass is 727 g/mol. The minimum atomic E-state index is -1.25. The smallest absolute Gasteiger partial charge is 0.352 e. The van der Waals surface area contributed by atoms with Gasteiger partial charge in [0.05, 0.1) is 11.4 Å². The van der Waals surface area contributed by atoms with Crippen molar-refractivity contribution in [3.05, 3.63) is 89.3 Å². The first-order valence-corrected chi connectivity index (χ1v) is 16.4. The molecule has 1 aliphatic rings. The van der Waals surface area contributed by atoms with Gasteiger partial charge in [0.15, 0.2) is 0 Å². The molecule has 0 bridgehead atoms. The maximum absolute atomic E-state index is 13.7. The van der Waals surface area contributed by atoms with Crippen LogP contribution in [0.5, 0.6) is 0 Å². The lowest BCUT2D eigenvalue weighted by Crippen LogP contribution is -2.49. The number of carboxylic acids is 1. The van der Waals surface area contributed by atoms with Crippen molar-refractivity contribution in [1.82, 2.24) is 40.3 Å². The molecular formula is C34H34ClN11O6. The van der Waals surface area contributed by atoms with E-state index >= 15 is 0 Å². The molecule has 6 N–H and O–H groups in total. The first-order valence-electron chi connectivity index (χ1n) is 16.1. The van der Waals surface area contributed by atoms with Crippen LogP contribution in [0.25, 0.3) is 16.6 Å². The summed E-state index contributed by atoms with van der Waals surface area (Å²) in [5.41, 5.74) is 2.51. The van der Waals surface area contributed by atoms with E-state index in [-0.39, 0.29) is 28.9 Å². The molecule has 268 valence electrons. The summed E-state index contributed by atoms with van der Waals surface area (Å²) in [5, 5.41) is 31.8. The number of anilines is 3. The van der Waals surface area contributed by atoms with Gasteiger partial charge in [-0.15, -0.1) is 5.10 Å². The summed E-state index contributed by atoms with van der Waals surface area (Å²) in [5.74, 6) is -3.97. The van der Waals surface area contributed by atoms with Gasteiger partial charge in [0.1, 0.15) is 18.1 Å². The van der Waals surface area contributed by atoms with Gasteiger partial charge in [0, 0.05) is 52.9 Å². The van der Waals surface area contributed by atoms with E-state index in [4.69, 9.17) is 11.6 Å². The number of fused-ring (bicyclic) bond motifs is 1. The number of H-pyrrole nitrogens is 1. The molecule has 3 aromatic carbocycles. The lowest BCUT2D eigenvalue weighted by molar-refractivity contribution is -0.137. The summed E-state index contributed by atoms with van der Waals surface area (Å²) in [6.45, 7) is 1.26. The van der Waals surface area contributed by atoms with Crippen molar-refractivity contribution >= 4 is 69.3 Å². The molecule has 2 aromatic heterocycles. The Bertz CT molecular complexity index is 2140. The fourth-order valence-corrected chi connectivity index (χ4v) is 5.93. The number of hydrogen-bond acceptors (Lipinski definition) is 9. The number of likely N-dealkylation sites (tertiary alicyclic amines) is 1. The molecule has 1 aliphatic heterocycles. The number of nitrogens with one attached hydrogen (secondary N) is 5. The van der Waals surface area contributed by atoms with Crippen molar-refractivity contribution in [2.24, 2.45) is 0 Å². The van der Waals surface area contributed by atoms with Crippen molar-refractivity contribution in [3.63, 3.8) is 0 Å². The zero-order valence-electron chi connectivity index (χ0n) is 28.0. The highest BCUT2D eigenvalue weighted by atomic mass is 35.5. The molecule has 1 fully saturated rings. The Labute approximate surface area is 301 Å². The van der Waals surface area contributed by atoms with Crippen LogP contribution in [0.1, 0.15) is 22.5 Å². The predicted molar refractivity (Wildman–Crippen MR) is 191 cm³/mol. The number of aromatic carboxylic acids is 1. The predicted octanol–water partition coefficient (Wildman–Crippen LogP) is 2.97. The van der Waals surface area contributed by atoms with Crippen molar-refractivity contribution in [2.45, 2.75) is 24.9 Å². The molecular weight excluding hydrogens is 694 g/mol. The summed E-state index contributed by atoms with van der Waals surface area (Å²) in [4.78, 5) is 71.1. The van der Waals surface area contributed by atoms with E-state index in [0.29, 0.717) is 52.7 Å². The molecule has 0 radical (unpaired) electrons. The van der Waals surface area contributed by atoms with E-state index in [1.165, 1.54) is 23.1 Å². The number of halogens is 1. The number of hydrogen-bond donors (Lipinski definition) is 6. The van der Waals surface area contributed by atoms with Gasteiger partial charge in [0.25, 0.3) is 0 Å². The number of carboxylic acid groups (broad SMARTS) is 1. The van der Waals surface area contributed by atoms with E-state index in [1.807, 2.05) is 14.1 Å². The van der Waals surface area contributed by atoms with Crippen molar-refractivity contribution in [3.8, 4) is 5.69 Å². The van der Waals surface area contributed by atoms with Crippen molar-refractivity contribution in [2.75, 3.05) is 43.1 Å². The Morgan fingerprint density at radius 3 is 2.42 bits per heavy atom. The zero-order chi connectivity index (χ0) is 36.9. The highest BCUT2D eigenvalue weighted by Crippen LogP contribution is 2.24. The third-order valence-corrected chi connectivity index (χ3v) is 8.81. The number of amides is 5. The van der Waals surface area contributed by atoms with Crippen LogP contribution in [0, 0.1) is 0 Å². The fraction of sp³-hybridized carbons (Fsp3) is 0.235. The maximum Gasteiger partial charge on any atom is 0.352 e. The Kier molecular flexibility index (Phi) is 10.4. The molecule has 2 atom stereocenters. The number of carbonyl (C=O) groups is 5. The highest BCUT2D eigenvalue weighted by Gasteiger charge is 2.28. The third-order valence-electron chi connectivity index (χ3n) is 8.58. The van der Waals surface area contributed by atoms with E-state index in [0.717, 1.165) is 6.42 Å². The molecule has 5 aromatic rings. The first-order chi connectivity index (χ1) is 24.9. The average Bonchev–Trinajstić information content (AvgIpc) is 3.90. The topological polar surface area (TPSA) is 220 Å². The van der Waals surface area contributed by atoms with Crippen molar-refractivity contribution < 1.29 is 29.1 Å². The quantitative estimate of drug-likeness (QED) is 0.116. The van der Waals surface area contributed by atoms with Crippen LogP contribution in [0.15, 0.2) is 73.1 Å². The molecule has 3 heterocycles. The lowest BCUT2D eigenvalue weighted by Gasteiger charge is -2.21. The largest absolute Gasteiger partial charge is 0.477 e. The first kappa shape index (κ1) is 35.5. The molecule has 1 saturated heterocycles. The van der Waals surface area contributed by atoms with E-state index in [9.17, 15) is 29.1 Å². The molecule has 6 rings (SSSR count). The van der Waals surface area contributed by atoms with Crippen LogP contribution < -0.4 is 21.3 Å². The van der Waals surface area contributed by atoms with Crippen LogP contribution in [0.2, 0.25) is 5.02 Å². The maximum atomic E-state index is 13.7. The second kappa shape index (κ2) is 15.3. The van der Waals surface area contributed by atoms with Gasteiger partial charge in [-0.05, 0) is 91.1 Å². The molecule has 0 aliphatic carbocycles. The van der Waals surface area contributed by atoms with Crippen LogP contribution in [-0.4, -0.2) is 109 Å². The Morgan fingerprint density at radius 1 is 0.962 bits per heavy atom. The van der Waals surface area contributed by atoms with Gasteiger partial charge in [-0.25, -0.2) is 9.59 Å². The molecule has 0 saturated carbocycles. The molecule has 0 unspecified atom stereocenters. The molecule has 17 nitrogen and oxygen atoms in total. The van der Waals surface area contributed by atoms with Crippen LogP contribution in [-0.2, 0) is 20.8 Å². The van der Waals surface area contributed by atoms with Gasteiger partial charge in [-0.3, -0.25) is 14.4 Å². The second-order valence-corrected chi connectivity index (χ2v) is 12.8. The number of tetrazole rings is 1. The summed E-state index contributed by atoms with van der Waals surface area (Å²) in [6, 6.07) is 16.4. The van der Waals surface area contributed by atoms with Crippen LogP contribution >= 0.6 is 11.6 Å². The van der Waals surface area contributed by atoms with Crippen molar-refractivity contribution in [1.29, 1.82) is 0 Å². The summed E-state index contributed by atoms with van der Waals surface area (Å²) >= 11 is 6.15. The number of urea groups is 1. The summed E-state index contributed by atoms with van der Waals surface area (Å²) in [7, 11) is 3.97. The van der Waals surface area contributed by atoms with E-state index in [1.54, 1.807) is 59.5 Å². The SMILES string of the molecule is CN(C)[C@H]1CCN(C(=O)Nc2ccc(C[C@H](NC(=O)C(=O)Nc3cc(Cl)ccc3-n3cnnn3)C(=O)Nc3ccc4[nH]c(C(=O)O)cc4c3)cc2)C1. The third kappa shape index (κ3) is 8.34. The van der Waals surface area contributed by atoms with Gasteiger partial charge in [-0.1, -0.05) is 23.7 Å². The van der Waals surface area contributed by atoms with Gasteiger partial charge >= 0.3 is 23.8 Å². The second-order valence-electron chi connectivity index (χ2n) is 12.4. The Morgan fingerprint density at radius 2 is 1.73 bits per heavy atom. The van der Waals surface area contributed by atoms with E-state index < -0.39 is 29.7 Å². The number of nitrogens with zero attached hydrogens (tertiary/aromatic N) is 6. The van der Waals surface area contributed by atoms with Crippen LogP contribution in [0.4, 0.5) is 21.9 Å². The Hall–Kier alpha value is -6.33. The normalized spacial score (nSPS) is 14.6. The average molecular weight is 728 g/mol. The van der Waals surface area contributed by atoms with Gasteiger partial charge in [0.2, 0.25) is 5.91 Å². The van der Waals surface area contributed by atoms with E-state index in [2.05, 4.69) is 46.7 Å². The Balaban J connectivity index is 1.18. The molecule has 0 spiro atoms. The number of carbonyl (C=O) groups excluding carboxylic acids is 4.